The van der Waals surface area contributed by atoms with Gasteiger partial charge in [0.05, 0.1) is 0 Å². The van der Waals surface area contributed by atoms with Gasteiger partial charge in [0, 0.05) is 16.2 Å². The Morgan fingerprint density at radius 1 is 1.35 bits per heavy atom. The van der Waals surface area contributed by atoms with Gasteiger partial charge in [0.15, 0.2) is 0 Å². The van der Waals surface area contributed by atoms with E-state index in [1.165, 1.54) is 0 Å². The van der Waals surface area contributed by atoms with Crippen LogP contribution in [0.15, 0.2) is 21.5 Å². The SMILES string of the molecule is CC1CCCCC1NS(=O)(=O)c1cc(N)c(Br)cc1F. The highest BCUT2D eigenvalue weighted by Crippen LogP contribution is 2.28. The van der Waals surface area contributed by atoms with Crippen molar-refractivity contribution in [1.29, 1.82) is 0 Å². The second kappa shape index (κ2) is 5.99. The number of benzene rings is 1. The topological polar surface area (TPSA) is 72.2 Å². The fourth-order valence-corrected chi connectivity index (χ4v) is 4.29. The molecule has 2 unspecified atom stereocenters. The first-order chi connectivity index (χ1) is 9.31. The Morgan fingerprint density at radius 3 is 2.65 bits per heavy atom. The Labute approximate surface area is 127 Å². The number of nitrogens with one attached hydrogen (secondary N) is 1. The summed E-state index contributed by atoms with van der Waals surface area (Å²) in [5.41, 5.74) is 5.84. The molecule has 20 heavy (non-hydrogen) atoms. The van der Waals surface area contributed by atoms with E-state index in [9.17, 15) is 12.8 Å². The molecule has 2 rings (SSSR count). The molecule has 1 aliphatic carbocycles. The molecule has 0 bridgehead atoms. The Hall–Kier alpha value is -0.660. The number of nitrogens with two attached hydrogens (primary N) is 1. The summed E-state index contributed by atoms with van der Waals surface area (Å²) in [7, 11) is -3.89. The highest BCUT2D eigenvalue weighted by molar-refractivity contribution is 9.10. The van der Waals surface area contributed by atoms with Crippen molar-refractivity contribution in [3.63, 3.8) is 0 Å². The average Bonchev–Trinajstić information content (AvgIpc) is 2.36. The molecule has 4 nitrogen and oxygen atoms in total. The van der Waals surface area contributed by atoms with Gasteiger partial charge in [-0.1, -0.05) is 19.8 Å². The second-order valence-corrected chi connectivity index (χ2v) is 7.83. The molecular weight excluding hydrogens is 347 g/mol. The number of anilines is 1. The Balaban J connectivity index is 2.28. The molecule has 0 aromatic heterocycles. The highest BCUT2D eigenvalue weighted by Gasteiger charge is 2.28. The molecule has 0 amide bonds. The third-order valence-electron chi connectivity index (χ3n) is 3.76. The molecule has 1 saturated carbocycles. The van der Waals surface area contributed by atoms with E-state index in [-0.39, 0.29) is 17.6 Å². The van der Waals surface area contributed by atoms with Gasteiger partial charge in [-0.05, 0) is 46.8 Å². The monoisotopic (exact) mass is 364 g/mol. The summed E-state index contributed by atoms with van der Waals surface area (Å²) >= 11 is 3.07. The molecule has 1 aromatic rings. The summed E-state index contributed by atoms with van der Waals surface area (Å²) in [6.45, 7) is 2.01. The van der Waals surface area contributed by atoms with Crippen LogP contribution < -0.4 is 10.5 Å². The minimum Gasteiger partial charge on any atom is -0.398 e. The third-order valence-corrected chi connectivity index (χ3v) is 5.95. The summed E-state index contributed by atoms with van der Waals surface area (Å²) in [6, 6.07) is 2.08. The standard InChI is InChI=1S/C13H18BrFN2O2S/c1-8-4-2-3-5-12(8)17-20(18,19)13-7-11(16)9(14)6-10(13)15/h6-8,12,17H,2-5,16H2,1H3. The normalized spacial score (nSPS) is 23.8. The van der Waals surface area contributed by atoms with E-state index >= 15 is 0 Å². The van der Waals surface area contributed by atoms with Gasteiger partial charge in [-0.15, -0.1) is 0 Å². The zero-order valence-corrected chi connectivity index (χ0v) is 13.6. The molecule has 1 aromatic carbocycles. The van der Waals surface area contributed by atoms with Gasteiger partial charge in [-0.25, -0.2) is 17.5 Å². The van der Waals surface area contributed by atoms with Crippen molar-refractivity contribution in [3.05, 3.63) is 22.4 Å². The Morgan fingerprint density at radius 2 is 2.00 bits per heavy atom. The van der Waals surface area contributed by atoms with E-state index in [2.05, 4.69) is 20.7 Å². The van der Waals surface area contributed by atoms with E-state index in [0.29, 0.717) is 4.47 Å². The quantitative estimate of drug-likeness (QED) is 0.809. The molecule has 3 N–H and O–H groups in total. The van der Waals surface area contributed by atoms with Crippen LogP contribution in [-0.2, 0) is 10.0 Å². The van der Waals surface area contributed by atoms with E-state index in [1.807, 2.05) is 6.92 Å². The number of nitrogen functional groups attached to an aromatic ring is 1. The minimum atomic E-state index is -3.89. The molecule has 7 heteroatoms. The van der Waals surface area contributed by atoms with Gasteiger partial charge in [0.25, 0.3) is 0 Å². The Bertz CT molecular complexity index is 607. The first-order valence-electron chi connectivity index (χ1n) is 6.58. The fourth-order valence-electron chi connectivity index (χ4n) is 2.50. The molecule has 0 aliphatic heterocycles. The van der Waals surface area contributed by atoms with Crippen LogP contribution in [0.3, 0.4) is 0 Å². The van der Waals surface area contributed by atoms with Gasteiger partial charge in [0.2, 0.25) is 10.0 Å². The van der Waals surface area contributed by atoms with Crippen LogP contribution in [-0.4, -0.2) is 14.5 Å². The van der Waals surface area contributed by atoms with Crippen LogP contribution in [0.4, 0.5) is 10.1 Å². The van der Waals surface area contributed by atoms with E-state index in [1.54, 1.807) is 0 Å². The van der Waals surface area contributed by atoms with Crippen molar-refractivity contribution in [1.82, 2.24) is 4.72 Å². The second-order valence-electron chi connectivity index (χ2n) is 5.29. The fraction of sp³-hybridized carbons (Fsp3) is 0.538. The molecule has 1 aliphatic rings. The van der Waals surface area contributed by atoms with Crippen LogP contribution in [0.2, 0.25) is 0 Å². The summed E-state index contributed by atoms with van der Waals surface area (Å²) in [5.74, 6) is -0.545. The lowest BCUT2D eigenvalue weighted by molar-refractivity contribution is 0.310. The molecular formula is C13H18BrFN2O2S. The van der Waals surface area contributed by atoms with E-state index in [0.717, 1.165) is 37.8 Å². The van der Waals surface area contributed by atoms with Gasteiger partial charge < -0.3 is 5.73 Å². The lowest BCUT2D eigenvalue weighted by atomic mass is 9.87. The summed E-state index contributed by atoms with van der Waals surface area (Å²) in [4.78, 5) is -0.393. The van der Waals surface area contributed by atoms with Crippen LogP contribution >= 0.6 is 15.9 Å². The Kier molecular flexibility index (Phi) is 4.71. The van der Waals surface area contributed by atoms with Crippen LogP contribution in [0, 0.1) is 11.7 Å². The van der Waals surface area contributed by atoms with Crippen molar-refractivity contribution >= 4 is 31.6 Å². The van der Waals surface area contributed by atoms with Crippen LogP contribution in [0.5, 0.6) is 0 Å². The van der Waals surface area contributed by atoms with Gasteiger partial charge in [0.1, 0.15) is 10.7 Å². The predicted molar refractivity (Wildman–Crippen MR) is 80.3 cm³/mol. The van der Waals surface area contributed by atoms with Gasteiger partial charge in [-0.3, -0.25) is 0 Å². The van der Waals surface area contributed by atoms with Crippen molar-refractivity contribution in [3.8, 4) is 0 Å². The van der Waals surface area contributed by atoms with Gasteiger partial charge >= 0.3 is 0 Å². The number of hydrogen-bond acceptors (Lipinski definition) is 3. The number of sulfonamides is 1. The van der Waals surface area contributed by atoms with Crippen molar-refractivity contribution in [2.45, 2.75) is 43.5 Å². The largest absolute Gasteiger partial charge is 0.398 e. The van der Waals surface area contributed by atoms with Crippen molar-refractivity contribution in [2.24, 2.45) is 5.92 Å². The number of rotatable bonds is 3. The van der Waals surface area contributed by atoms with Gasteiger partial charge in [-0.2, -0.15) is 0 Å². The van der Waals surface area contributed by atoms with Crippen molar-refractivity contribution in [2.75, 3.05) is 5.73 Å². The van der Waals surface area contributed by atoms with Crippen molar-refractivity contribution < 1.29 is 12.8 Å². The smallest absolute Gasteiger partial charge is 0.243 e. The molecule has 0 saturated heterocycles. The third kappa shape index (κ3) is 3.32. The van der Waals surface area contributed by atoms with E-state index in [4.69, 9.17) is 5.73 Å². The molecule has 0 spiro atoms. The first kappa shape index (κ1) is 15.7. The van der Waals surface area contributed by atoms with Crippen LogP contribution in [0.1, 0.15) is 32.6 Å². The molecule has 0 radical (unpaired) electrons. The molecule has 2 atom stereocenters. The summed E-state index contributed by atoms with van der Waals surface area (Å²) < 4.78 is 41.4. The average molecular weight is 365 g/mol. The predicted octanol–water partition coefficient (Wildman–Crippen LogP) is 3.03. The molecule has 112 valence electrons. The molecule has 0 heterocycles. The number of halogens is 2. The maximum Gasteiger partial charge on any atom is 0.243 e. The molecule has 1 fully saturated rings. The van der Waals surface area contributed by atoms with E-state index < -0.39 is 20.7 Å². The minimum absolute atomic E-state index is 0.141. The zero-order chi connectivity index (χ0) is 14.9. The number of hydrogen-bond donors (Lipinski definition) is 2. The maximum atomic E-state index is 13.9. The van der Waals surface area contributed by atoms with Crippen LogP contribution in [0.25, 0.3) is 0 Å². The lowest BCUT2D eigenvalue weighted by Gasteiger charge is -2.29. The summed E-state index contributed by atoms with van der Waals surface area (Å²) in [6.07, 6.45) is 3.87. The lowest BCUT2D eigenvalue weighted by Crippen LogP contribution is -2.41. The maximum absolute atomic E-state index is 13.9. The highest BCUT2D eigenvalue weighted by atomic mass is 79.9. The first-order valence-corrected chi connectivity index (χ1v) is 8.85. The summed E-state index contributed by atoms with van der Waals surface area (Å²) in [5, 5.41) is 0. The zero-order valence-electron chi connectivity index (χ0n) is 11.2.